The molecule has 1 aromatic rings. The van der Waals surface area contributed by atoms with Crippen LogP contribution >= 0.6 is 0 Å². The van der Waals surface area contributed by atoms with Crippen molar-refractivity contribution in [2.75, 3.05) is 6.54 Å². The minimum absolute atomic E-state index is 0.121. The highest BCUT2D eigenvalue weighted by molar-refractivity contribution is 5.77. The van der Waals surface area contributed by atoms with Gasteiger partial charge in [-0.25, -0.2) is 4.98 Å². The molecule has 1 saturated heterocycles. The smallest absolute Gasteiger partial charge is 0.195 e. The van der Waals surface area contributed by atoms with Gasteiger partial charge >= 0.3 is 0 Å². The van der Waals surface area contributed by atoms with E-state index in [1.165, 1.54) is 19.3 Å². The molecule has 0 bridgehead atoms. The number of rotatable bonds is 4. The van der Waals surface area contributed by atoms with Gasteiger partial charge in [0.15, 0.2) is 5.89 Å². The van der Waals surface area contributed by atoms with Crippen molar-refractivity contribution < 1.29 is 9.21 Å². The maximum atomic E-state index is 10.9. The Morgan fingerprint density at radius 3 is 3.19 bits per heavy atom. The van der Waals surface area contributed by atoms with Crippen LogP contribution in [0.5, 0.6) is 0 Å². The molecule has 2 rings (SSSR count). The molecule has 1 atom stereocenters. The molecule has 1 N–H and O–H groups in total. The van der Waals surface area contributed by atoms with Crippen molar-refractivity contribution in [3.8, 4) is 0 Å². The maximum absolute atomic E-state index is 10.9. The van der Waals surface area contributed by atoms with E-state index in [4.69, 9.17) is 4.42 Å². The molecular weight excluding hydrogens is 204 g/mol. The Balaban J connectivity index is 1.88. The SMILES string of the molecule is CC(=O)Cc1coc(CC2CCCCN2)n1. The molecule has 0 aliphatic carbocycles. The van der Waals surface area contributed by atoms with E-state index in [2.05, 4.69) is 10.3 Å². The van der Waals surface area contributed by atoms with E-state index in [1.807, 2.05) is 0 Å². The third-order valence-corrected chi connectivity index (χ3v) is 2.86. The molecule has 4 nitrogen and oxygen atoms in total. The van der Waals surface area contributed by atoms with Gasteiger partial charge in [0.05, 0.1) is 12.1 Å². The summed E-state index contributed by atoms with van der Waals surface area (Å²) in [5, 5.41) is 3.45. The second-order valence-electron chi connectivity index (χ2n) is 4.46. The van der Waals surface area contributed by atoms with Crippen LogP contribution in [-0.2, 0) is 17.6 Å². The van der Waals surface area contributed by atoms with E-state index < -0.39 is 0 Å². The van der Waals surface area contributed by atoms with Crippen molar-refractivity contribution in [1.82, 2.24) is 10.3 Å². The Morgan fingerprint density at radius 1 is 1.62 bits per heavy atom. The molecular formula is C12H18N2O2. The maximum Gasteiger partial charge on any atom is 0.195 e. The van der Waals surface area contributed by atoms with E-state index in [0.29, 0.717) is 12.5 Å². The van der Waals surface area contributed by atoms with Gasteiger partial charge in [-0.05, 0) is 26.3 Å². The first-order valence-corrected chi connectivity index (χ1v) is 5.90. The first-order chi connectivity index (χ1) is 7.74. The number of carbonyl (C=O) groups excluding carboxylic acids is 1. The third-order valence-electron chi connectivity index (χ3n) is 2.86. The fourth-order valence-corrected chi connectivity index (χ4v) is 2.09. The molecule has 0 amide bonds. The summed E-state index contributed by atoms with van der Waals surface area (Å²) in [5.41, 5.74) is 0.748. The number of piperidine rings is 1. The first kappa shape index (κ1) is 11.3. The lowest BCUT2D eigenvalue weighted by Crippen LogP contribution is -2.35. The monoisotopic (exact) mass is 222 g/mol. The van der Waals surface area contributed by atoms with E-state index in [9.17, 15) is 4.79 Å². The lowest BCUT2D eigenvalue weighted by molar-refractivity contribution is -0.116. The molecule has 1 aliphatic rings. The standard InChI is InChI=1S/C12H18N2O2/c1-9(15)6-11-8-16-12(14-11)7-10-4-2-3-5-13-10/h8,10,13H,2-7H2,1H3. The van der Waals surface area contributed by atoms with E-state index in [-0.39, 0.29) is 5.78 Å². The zero-order valence-corrected chi connectivity index (χ0v) is 9.66. The largest absolute Gasteiger partial charge is 0.449 e. The summed E-state index contributed by atoms with van der Waals surface area (Å²) >= 11 is 0. The van der Waals surface area contributed by atoms with Crippen molar-refractivity contribution >= 4 is 5.78 Å². The number of hydrogen-bond acceptors (Lipinski definition) is 4. The molecule has 1 fully saturated rings. The van der Waals surface area contributed by atoms with Crippen LogP contribution in [0.4, 0.5) is 0 Å². The van der Waals surface area contributed by atoms with Gasteiger partial charge in [-0.1, -0.05) is 6.42 Å². The van der Waals surface area contributed by atoms with Crippen molar-refractivity contribution in [2.45, 2.75) is 45.1 Å². The van der Waals surface area contributed by atoms with E-state index in [0.717, 1.165) is 24.6 Å². The van der Waals surface area contributed by atoms with Crippen molar-refractivity contribution in [2.24, 2.45) is 0 Å². The summed E-state index contributed by atoms with van der Waals surface area (Å²) in [5.74, 6) is 0.867. The second-order valence-corrected chi connectivity index (χ2v) is 4.46. The highest BCUT2D eigenvalue weighted by Crippen LogP contribution is 2.13. The van der Waals surface area contributed by atoms with Crippen molar-refractivity contribution in [1.29, 1.82) is 0 Å². The molecule has 1 aromatic heterocycles. The summed E-state index contributed by atoms with van der Waals surface area (Å²) in [4.78, 5) is 15.2. The van der Waals surface area contributed by atoms with Crippen LogP contribution in [0.3, 0.4) is 0 Å². The van der Waals surface area contributed by atoms with Crippen LogP contribution in [0.1, 0.15) is 37.8 Å². The number of carbonyl (C=O) groups is 1. The number of ketones is 1. The highest BCUT2D eigenvalue weighted by atomic mass is 16.3. The van der Waals surface area contributed by atoms with Crippen LogP contribution in [-0.4, -0.2) is 23.4 Å². The highest BCUT2D eigenvalue weighted by Gasteiger charge is 2.16. The minimum Gasteiger partial charge on any atom is -0.449 e. The Kier molecular flexibility index (Phi) is 3.72. The lowest BCUT2D eigenvalue weighted by atomic mass is 10.0. The number of aromatic nitrogens is 1. The number of nitrogens with zero attached hydrogens (tertiary/aromatic N) is 1. The van der Waals surface area contributed by atoms with Gasteiger partial charge in [0.2, 0.25) is 0 Å². The summed E-state index contributed by atoms with van der Waals surface area (Å²) in [6.45, 7) is 2.66. The van der Waals surface area contributed by atoms with Gasteiger partial charge in [0, 0.05) is 12.5 Å². The van der Waals surface area contributed by atoms with Crippen LogP contribution in [0.25, 0.3) is 0 Å². The molecule has 0 radical (unpaired) electrons. The Bertz CT molecular complexity index is 354. The fraction of sp³-hybridized carbons (Fsp3) is 0.667. The van der Waals surface area contributed by atoms with Gasteiger partial charge in [0.1, 0.15) is 12.0 Å². The normalized spacial score (nSPS) is 20.9. The summed E-state index contributed by atoms with van der Waals surface area (Å²) in [6.07, 6.45) is 6.53. The summed E-state index contributed by atoms with van der Waals surface area (Å²) < 4.78 is 5.36. The molecule has 2 heterocycles. The topological polar surface area (TPSA) is 55.1 Å². The zero-order valence-electron chi connectivity index (χ0n) is 9.66. The van der Waals surface area contributed by atoms with Crippen LogP contribution in [0, 0.1) is 0 Å². The molecule has 0 spiro atoms. The Hall–Kier alpha value is -1.16. The lowest BCUT2D eigenvalue weighted by Gasteiger charge is -2.21. The third kappa shape index (κ3) is 3.17. The Morgan fingerprint density at radius 2 is 2.50 bits per heavy atom. The predicted octanol–water partition coefficient (Wildman–Crippen LogP) is 1.49. The van der Waals surface area contributed by atoms with Gasteiger partial charge in [-0.2, -0.15) is 0 Å². The molecule has 16 heavy (non-hydrogen) atoms. The minimum atomic E-state index is 0.121. The fourth-order valence-electron chi connectivity index (χ4n) is 2.09. The van der Waals surface area contributed by atoms with Crippen molar-refractivity contribution in [3.63, 3.8) is 0 Å². The Labute approximate surface area is 95.4 Å². The molecule has 1 unspecified atom stereocenters. The van der Waals surface area contributed by atoms with E-state index >= 15 is 0 Å². The number of Topliss-reactive ketones (excluding diaryl/α,β-unsaturated/α-hetero) is 1. The average Bonchev–Trinajstić information content (AvgIpc) is 2.66. The zero-order chi connectivity index (χ0) is 11.4. The molecule has 88 valence electrons. The molecule has 4 heteroatoms. The van der Waals surface area contributed by atoms with Crippen molar-refractivity contribution in [3.05, 3.63) is 17.8 Å². The van der Waals surface area contributed by atoms with Gasteiger partial charge < -0.3 is 9.73 Å². The summed E-state index contributed by atoms with van der Waals surface area (Å²) in [6, 6.07) is 0.484. The van der Waals surface area contributed by atoms with Crippen LogP contribution < -0.4 is 5.32 Å². The molecule has 0 aromatic carbocycles. The van der Waals surface area contributed by atoms with Gasteiger partial charge in [0.25, 0.3) is 0 Å². The van der Waals surface area contributed by atoms with Gasteiger partial charge in [-0.3, -0.25) is 4.79 Å². The first-order valence-electron chi connectivity index (χ1n) is 5.90. The van der Waals surface area contributed by atoms with Crippen LogP contribution in [0.2, 0.25) is 0 Å². The van der Waals surface area contributed by atoms with Crippen LogP contribution in [0.15, 0.2) is 10.7 Å². The predicted molar refractivity (Wildman–Crippen MR) is 60.2 cm³/mol. The van der Waals surface area contributed by atoms with E-state index in [1.54, 1.807) is 13.2 Å². The average molecular weight is 222 g/mol. The summed E-state index contributed by atoms with van der Waals surface area (Å²) in [7, 11) is 0. The second kappa shape index (κ2) is 5.25. The molecule has 0 saturated carbocycles. The van der Waals surface area contributed by atoms with Gasteiger partial charge in [-0.15, -0.1) is 0 Å². The molecule has 1 aliphatic heterocycles. The number of hydrogen-bond donors (Lipinski definition) is 1. The number of oxazole rings is 1. The number of nitrogens with one attached hydrogen (secondary N) is 1. The quantitative estimate of drug-likeness (QED) is 0.838.